The summed E-state index contributed by atoms with van der Waals surface area (Å²) in [4.78, 5) is 15.7. The molecule has 0 unspecified atom stereocenters. The standard InChI is InChI=1S/C26H29F2NO4/c27-20-5-3-4-19(16-20)26(10-14-31-15-11-26)24(30)29-12-8-25(9-13-29)17-21(18-32-25)33-23-7-2-1-6-22(23)28/h1-7,16,21H,8-15,17-18H2/t21-/m0/s1. The molecule has 0 aromatic heterocycles. The van der Waals surface area contributed by atoms with Crippen molar-refractivity contribution >= 4 is 5.91 Å². The van der Waals surface area contributed by atoms with Crippen LogP contribution in [0.2, 0.25) is 0 Å². The Hall–Kier alpha value is -2.51. The van der Waals surface area contributed by atoms with E-state index in [1.54, 1.807) is 24.3 Å². The van der Waals surface area contributed by atoms with Crippen molar-refractivity contribution in [2.45, 2.75) is 49.2 Å². The molecule has 1 spiro atoms. The fourth-order valence-corrected chi connectivity index (χ4v) is 5.50. The lowest BCUT2D eigenvalue weighted by atomic mass is 9.72. The van der Waals surface area contributed by atoms with Crippen LogP contribution in [0.15, 0.2) is 48.5 Å². The summed E-state index contributed by atoms with van der Waals surface area (Å²) in [7, 11) is 0. The Balaban J connectivity index is 1.25. The zero-order valence-electron chi connectivity index (χ0n) is 18.6. The van der Waals surface area contributed by atoms with Crippen molar-refractivity contribution in [3.63, 3.8) is 0 Å². The predicted octanol–water partition coefficient (Wildman–Crippen LogP) is 4.24. The topological polar surface area (TPSA) is 48.0 Å². The molecule has 3 aliphatic heterocycles. The van der Waals surface area contributed by atoms with E-state index in [1.165, 1.54) is 18.2 Å². The number of halogens is 2. The van der Waals surface area contributed by atoms with Crippen molar-refractivity contribution in [3.8, 4) is 5.75 Å². The minimum atomic E-state index is -0.752. The smallest absolute Gasteiger partial charge is 0.233 e. The maximum atomic E-state index is 14.0. The molecule has 3 fully saturated rings. The zero-order chi connectivity index (χ0) is 22.9. The molecule has 0 radical (unpaired) electrons. The minimum absolute atomic E-state index is 0.0448. The van der Waals surface area contributed by atoms with Gasteiger partial charge >= 0.3 is 0 Å². The van der Waals surface area contributed by atoms with E-state index < -0.39 is 5.41 Å². The molecule has 2 aromatic carbocycles. The van der Waals surface area contributed by atoms with Gasteiger partial charge < -0.3 is 19.1 Å². The average molecular weight is 458 g/mol. The lowest BCUT2D eigenvalue weighted by Crippen LogP contribution is -2.54. The summed E-state index contributed by atoms with van der Waals surface area (Å²) in [6, 6.07) is 12.8. The molecular weight excluding hydrogens is 428 g/mol. The van der Waals surface area contributed by atoms with Gasteiger partial charge in [-0.1, -0.05) is 24.3 Å². The maximum Gasteiger partial charge on any atom is 0.233 e. The Morgan fingerprint density at radius 3 is 2.48 bits per heavy atom. The van der Waals surface area contributed by atoms with Gasteiger partial charge in [0.1, 0.15) is 11.9 Å². The summed E-state index contributed by atoms with van der Waals surface area (Å²) in [5.41, 5.74) is -0.377. The van der Waals surface area contributed by atoms with Crippen molar-refractivity contribution in [2.75, 3.05) is 32.9 Å². The van der Waals surface area contributed by atoms with E-state index >= 15 is 0 Å². The first kappa shape index (κ1) is 22.3. The van der Waals surface area contributed by atoms with Gasteiger partial charge in [-0.2, -0.15) is 0 Å². The summed E-state index contributed by atoms with van der Waals surface area (Å²) < 4.78 is 45.5. The van der Waals surface area contributed by atoms with Crippen molar-refractivity contribution in [1.82, 2.24) is 4.90 Å². The van der Waals surface area contributed by atoms with Gasteiger partial charge in [-0.15, -0.1) is 0 Å². The summed E-state index contributed by atoms with van der Waals surface area (Å²) >= 11 is 0. The van der Waals surface area contributed by atoms with Gasteiger partial charge in [-0.25, -0.2) is 8.78 Å². The molecule has 0 bridgehead atoms. The Morgan fingerprint density at radius 1 is 1.00 bits per heavy atom. The molecule has 1 amide bonds. The average Bonchev–Trinajstić information content (AvgIpc) is 3.23. The van der Waals surface area contributed by atoms with E-state index in [0.717, 1.165) is 5.56 Å². The van der Waals surface area contributed by atoms with E-state index in [0.29, 0.717) is 65.0 Å². The van der Waals surface area contributed by atoms with Crippen LogP contribution in [0.3, 0.4) is 0 Å². The number of rotatable bonds is 4. The van der Waals surface area contributed by atoms with Crippen molar-refractivity contribution in [2.24, 2.45) is 0 Å². The second-order valence-corrected chi connectivity index (χ2v) is 9.37. The molecule has 3 saturated heterocycles. The third kappa shape index (κ3) is 4.36. The predicted molar refractivity (Wildman–Crippen MR) is 118 cm³/mol. The van der Waals surface area contributed by atoms with Gasteiger partial charge in [-0.3, -0.25) is 4.79 Å². The Labute approximate surface area is 192 Å². The van der Waals surface area contributed by atoms with Crippen LogP contribution in [0.4, 0.5) is 8.78 Å². The molecule has 3 aliphatic rings. The Morgan fingerprint density at radius 2 is 1.76 bits per heavy atom. The Bertz CT molecular complexity index is 999. The quantitative estimate of drug-likeness (QED) is 0.689. The van der Waals surface area contributed by atoms with Crippen LogP contribution in [-0.2, 0) is 19.7 Å². The van der Waals surface area contributed by atoms with Gasteiger partial charge in [0.25, 0.3) is 0 Å². The molecule has 5 nitrogen and oxygen atoms in total. The van der Waals surface area contributed by atoms with Crippen LogP contribution in [0.25, 0.3) is 0 Å². The minimum Gasteiger partial charge on any atom is -0.485 e. The highest BCUT2D eigenvalue weighted by molar-refractivity contribution is 5.88. The monoisotopic (exact) mass is 457 g/mol. The van der Waals surface area contributed by atoms with Crippen LogP contribution in [0.1, 0.15) is 37.7 Å². The van der Waals surface area contributed by atoms with Gasteiger partial charge in [0.15, 0.2) is 11.6 Å². The van der Waals surface area contributed by atoms with E-state index in [4.69, 9.17) is 14.2 Å². The number of carbonyl (C=O) groups is 1. The number of hydrogen-bond donors (Lipinski definition) is 0. The summed E-state index contributed by atoms with van der Waals surface area (Å²) in [5, 5.41) is 0. The first-order valence-electron chi connectivity index (χ1n) is 11.7. The fourth-order valence-electron chi connectivity index (χ4n) is 5.50. The highest BCUT2D eigenvalue weighted by Crippen LogP contribution is 2.41. The Kier molecular flexibility index (Phi) is 6.10. The van der Waals surface area contributed by atoms with Gasteiger partial charge in [-0.05, 0) is 55.5 Å². The molecule has 1 atom stereocenters. The number of carbonyl (C=O) groups excluding carboxylic acids is 1. The first-order valence-corrected chi connectivity index (χ1v) is 11.7. The van der Waals surface area contributed by atoms with Crippen LogP contribution in [0, 0.1) is 11.6 Å². The largest absolute Gasteiger partial charge is 0.485 e. The molecule has 7 heteroatoms. The lowest BCUT2D eigenvalue weighted by Gasteiger charge is -2.44. The van der Waals surface area contributed by atoms with E-state index in [1.807, 2.05) is 11.0 Å². The lowest BCUT2D eigenvalue weighted by molar-refractivity contribution is -0.146. The number of benzene rings is 2. The van der Waals surface area contributed by atoms with Crippen molar-refractivity contribution < 1.29 is 27.8 Å². The summed E-state index contributed by atoms with van der Waals surface area (Å²) in [5.74, 6) is -0.419. The second-order valence-electron chi connectivity index (χ2n) is 9.37. The van der Waals surface area contributed by atoms with Crippen LogP contribution < -0.4 is 4.74 Å². The van der Waals surface area contributed by atoms with Crippen LogP contribution in [0.5, 0.6) is 5.75 Å². The zero-order valence-corrected chi connectivity index (χ0v) is 18.6. The molecule has 0 aliphatic carbocycles. The number of likely N-dealkylation sites (tertiary alicyclic amines) is 1. The maximum absolute atomic E-state index is 14.0. The summed E-state index contributed by atoms with van der Waals surface area (Å²) in [6.07, 6.45) is 2.96. The van der Waals surface area contributed by atoms with Gasteiger partial charge in [0, 0.05) is 32.7 Å². The highest BCUT2D eigenvalue weighted by atomic mass is 19.1. The number of amides is 1. The third-order valence-electron chi connectivity index (χ3n) is 7.40. The molecule has 5 rings (SSSR count). The van der Waals surface area contributed by atoms with Crippen LogP contribution in [-0.4, -0.2) is 55.4 Å². The first-order chi connectivity index (χ1) is 16.0. The number of ether oxygens (including phenoxy) is 3. The normalized spacial score (nSPS) is 24.1. The van der Waals surface area contributed by atoms with Crippen LogP contribution >= 0.6 is 0 Å². The molecule has 176 valence electrons. The number of nitrogens with zero attached hydrogens (tertiary/aromatic N) is 1. The summed E-state index contributed by atoms with van der Waals surface area (Å²) in [6.45, 7) is 2.52. The SMILES string of the molecule is O=C(N1CCC2(CC1)C[C@H](Oc1ccccc1F)CO2)C1(c2cccc(F)c2)CCOCC1. The molecule has 2 aromatic rings. The van der Waals surface area contributed by atoms with E-state index in [9.17, 15) is 13.6 Å². The van der Waals surface area contributed by atoms with E-state index in [-0.39, 0.29) is 35.0 Å². The molecular formula is C26H29F2NO4. The van der Waals surface area contributed by atoms with Gasteiger partial charge in [0.2, 0.25) is 5.91 Å². The molecule has 33 heavy (non-hydrogen) atoms. The van der Waals surface area contributed by atoms with Gasteiger partial charge in [0.05, 0.1) is 17.6 Å². The van der Waals surface area contributed by atoms with Crippen molar-refractivity contribution in [1.29, 1.82) is 0 Å². The third-order valence-corrected chi connectivity index (χ3v) is 7.40. The number of hydrogen-bond acceptors (Lipinski definition) is 4. The number of para-hydroxylation sites is 1. The fraction of sp³-hybridized carbons (Fsp3) is 0.500. The van der Waals surface area contributed by atoms with E-state index in [2.05, 4.69) is 0 Å². The van der Waals surface area contributed by atoms with Crippen molar-refractivity contribution in [3.05, 3.63) is 65.7 Å². The number of piperidine rings is 1. The molecule has 3 heterocycles. The molecule has 0 N–H and O–H groups in total. The molecule has 0 saturated carbocycles. The second kappa shape index (κ2) is 9.03. The highest BCUT2D eigenvalue weighted by Gasteiger charge is 2.49.